The third-order valence-electron chi connectivity index (χ3n) is 7.39. The molecule has 5 heterocycles. The Hall–Kier alpha value is -3.30. The predicted molar refractivity (Wildman–Crippen MR) is 115 cm³/mol. The van der Waals surface area contributed by atoms with Crippen molar-refractivity contribution in [2.24, 2.45) is 0 Å². The van der Waals surface area contributed by atoms with Crippen LogP contribution in [0.25, 0.3) is 22.2 Å². The summed E-state index contributed by atoms with van der Waals surface area (Å²) >= 11 is 0. The summed E-state index contributed by atoms with van der Waals surface area (Å²) in [6, 6.07) is 2.70. The molecule has 0 bridgehead atoms. The molecular weight excluding hydrogens is 431 g/mol. The van der Waals surface area contributed by atoms with Crippen molar-refractivity contribution < 1.29 is 24.1 Å². The molecule has 0 fully saturated rings. The number of aliphatic hydroxyl groups excluding tert-OH is 1. The predicted octanol–water partition coefficient (Wildman–Crippen LogP) is 1.42. The Morgan fingerprint density at radius 2 is 1.97 bits per heavy atom. The number of hydrogen-bond donors (Lipinski definition) is 2. The highest BCUT2D eigenvalue weighted by Gasteiger charge is 2.45. The van der Waals surface area contributed by atoms with E-state index in [2.05, 4.69) is 0 Å². The molecule has 6 rings (SSSR count). The number of fused-ring (bicyclic) bond motifs is 5. The number of carbonyl (C=O) groups is 1. The maximum Gasteiger partial charge on any atom is 0.343 e. The normalized spacial score (nSPS) is 20.4. The number of cyclic esters (lactones) is 1. The number of nitrogens with zero attached hydrogens (tertiary/aromatic N) is 2. The summed E-state index contributed by atoms with van der Waals surface area (Å²) < 4.78 is 23.3. The standard InChI is InChI=1S/C24H21FN2O6/c1-2-24(32)15-7-17-19-18(8-27(17)22(30)14(15)10-33-23(24)31)26-5-3-4-11-13(9-28)16(25)6-12(20(11)26)21(19)29/h6-7,28,32H,2-5,8-10H2,1H3/t24-/m0/s1. The highest BCUT2D eigenvalue weighted by Crippen LogP contribution is 2.40. The molecule has 33 heavy (non-hydrogen) atoms. The van der Waals surface area contributed by atoms with Gasteiger partial charge in [-0.25, -0.2) is 9.18 Å². The first kappa shape index (κ1) is 20.3. The average Bonchev–Trinajstić information content (AvgIpc) is 3.20. The molecule has 0 saturated carbocycles. The van der Waals surface area contributed by atoms with Crippen molar-refractivity contribution in [3.05, 3.63) is 66.5 Å². The molecule has 0 aliphatic carbocycles. The molecule has 0 spiro atoms. The zero-order valence-corrected chi connectivity index (χ0v) is 17.9. The van der Waals surface area contributed by atoms with Gasteiger partial charge in [0.05, 0.1) is 41.2 Å². The highest BCUT2D eigenvalue weighted by atomic mass is 19.1. The molecule has 9 heteroatoms. The van der Waals surface area contributed by atoms with Crippen molar-refractivity contribution in [1.29, 1.82) is 0 Å². The van der Waals surface area contributed by atoms with E-state index >= 15 is 0 Å². The lowest BCUT2D eigenvalue weighted by Crippen LogP contribution is -2.44. The van der Waals surface area contributed by atoms with E-state index in [-0.39, 0.29) is 47.2 Å². The van der Waals surface area contributed by atoms with Crippen LogP contribution in [0.4, 0.5) is 4.39 Å². The number of benzene rings is 1. The topological polar surface area (TPSA) is 111 Å². The van der Waals surface area contributed by atoms with Crippen LogP contribution in [-0.4, -0.2) is 25.3 Å². The van der Waals surface area contributed by atoms with Crippen LogP contribution >= 0.6 is 0 Å². The second kappa shape index (κ2) is 6.61. The van der Waals surface area contributed by atoms with Crippen LogP contribution in [-0.2, 0) is 47.9 Å². The van der Waals surface area contributed by atoms with E-state index in [1.165, 1.54) is 10.6 Å². The maximum absolute atomic E-state index is 14.8. The van der Waals surface area contributed by atoms with E-state index in [1.54, 1.807) is 6.92 Å². The summed E-state index contributed by atoms with van der Waals surface area (Å²) in [7, 11) is 0. The van der Waals surface area contributed by atoms with Crippen LogP contribution in [0.15, 0.2) is 21.7 Å². The van der Waals surface area contributed by atoms with Gasteiger partial charge in [0.1, 0.15) is 12.4 Å². The molecule has 2 N–H and O–H groups in total. The minimum Gasteiger partial charge on any atom is -0.458 e. The highest BCUT2D eigenvalue weighted by molar-refractivity contribution is 5.90. The van der Waals surface area contributed by atoms with E-state index in [1.807, 2.05) is 4.57 Å². The van der Waals surface area contributed by atoms with Crippen molar-refractivity contribution in [3.8, 4) is 11.3 Å². The molecule has 3 aliphatic rings. The van der Waals surface area contributed by atoms with E-state index in [4.69, 9.17) is 4.74 Å². The van der Waals surface area contributed by atoms with Crippen LogP contribution < -0.4 is 11.0 Å². The Morgan fingerprint density at radius 1 is 1.18 bits per heavy atom. The summed E-state index contributed by atoms with van der Waals surface area (Å²) in [6.07, 6.45) is 1.26. The molecule has 1 aromatic carbocycles. The third-order valence-corrected chi connectivity index (χ3v) is 7.39. The SMILES string of the molecule is CC[C@@]1(O)C(=O)OCc2c1cc1n(c2=O)Cc2c-1c(=O)c1cc(F)c(CO)c3c1n2CCC3. The Bertz CT molecular complexity index is 1540. The van der Waals surface area contributed by atoms with E-state index < -0.39 is 35.0 Å². The average molecular weight is 452 g/mol. The van der Waals surface area contributed by atoms with Gasteiger partial charge >= 0.3 is 5.97 Å². The van der Waals surface area contributed by atoms with Crippen LogP contribution in [0.2, 0.25) is 0 Å². The summed E-state index contributed by atoms with van der Waals surface area (Å²) in [4.78, 5) is 39.4. The van der Waals surface area contributed by atoms with Gasteiger partial charge in [0.15, 0.2) is 11.0 Å². The molecule has 0 saturated heterocycles. The molecule has 170 valence electrons. The van der Waals surface area contributed by atoms with Crippen molar-refractivity contribution >= 4 is 16.9 Å². The lowest BCUT2D eigenvalue weighted by Gasteiger charge is -2.31. The van der Waals surface area contributed by atoms with Gasteiger partial charge in [-0.05, 0) is 37.0 Å². The number of halogens is 1. The quantitative estimate of drug-likeness (QED) is 0.445. The lowest BCUT2D eigenvalue weighted by atomic mass is 9.85. The molecule has 0 amide bonds. The summed E-state index contributed by atoms with van der Waals surface area (Å²) in [6.45, 7) is 1.65. The smallest absolute Gasteiger partial charge is 0.343 e. The number of aliphatic hydroxyl groups is 2. The molecular formula is C24H21FN2O6. The molecule has 2 aromatic heterocycles. The summed E-state index contributed by atoms with van der Waals surface area (Å²) in [5.74, 6) is -1.46. The number of esters is 1. The number of pyridine rings is 2. The molecule has 1 atom stereocenters. The van der Waals surface area contributed by atoms with Gasteiger partial charge in [0.2, 0.25) is 0 Å². The number of aromatic nitrogens is 2. The first-order chi connectivity index (χ1) is 15.8. The third kappa shape index (κ3) is 2.38. The lowest BCUT2D eigenvalue weighted by molar-refractivity contribution is -0.172. The first-order valence-corrected chi connectivity index (χ1v) is 11.0. The summed E-state index contributed by atoms with van der Waals surface area (Å²) in [5.41, 5.74) is 0.198. The van der Waals surface area contributed by atoms with Crippen LogP contribution in [0.5, 0.6) is 0 Å². The number of carbonyl (C=O) groups excluding carboxylic acids is 1. The number of hydrogen-bond acceptors (Lipinski definition) is 6. The Labute approximate surface area is 186 Å². The maximum atomic E-state index is 14.8. The van der Waals surface area contributed by atoms with Gasteiger partial charge in [-0.15, -0.1) is 0 Å². The van der Waals surface area contributed by atoms with Crippen LogP contribution in [0.1, 0.15) is 47.7 Å². The van der Waals surface area contributed by atoms with Crippen LogP contribution in [0.3, 0.4) is 0 Å². The van der Waals surface area contributed by atoms with Gasteiger partial charge in [-0.2, -0.15) is 0 Å². The fraction of sp³-hybridized carbons (Fsp3) is 0.375. The van der Waals surface area contributed by atoms with Gasteiger partial charge < -0.3 is 24.1 Å². The second-order valence-corrected chi connectivity index (χ2v) is 8.88. The van der Waals surface area contributed by atoms with Gasteiger partial charge in [-0.3, -0.25) is 9.59 Å². The van der Waals surface area contributed by atoms with Crippen LogP contribution in [0, 0.1) is 5.82 Å². The van der Waals surface area contributed by atoms with E-state index in [0.29, 0.717) is 41.9 Å². The fourth-order valence-electron chi connectivity index (χ4n) is 5.69. The Kier molecular flexibility index (Phi) is 4.07. The molecule has 0 unspecified atom stereocenters. The fourth-order valence-corrected chi connectivity index (χ4v) is 5.69. The molecule has 3 aliphatic heterocycles. The van der Waals surface area contributed by atoms with Gasteiger partial charge in [0.25, 0.3) is 5.56 Å². The monoisotopic (exact) mass is 452 g/mol. The zero-order chi connectivity index (χ0) is 23.2. The zero-order valence-electron chi connectivity index (χ0n) is 17.9. The minimum atomic E-state index is -1.97. The van der Waals surface area contributed by atoms with E-state index in [0.717, 1.165) is 6.07 Å². The Morgan fingerprint density at radius 3 is 2.70 bits per heavy atom. The van der Waals surface area contributed by atoms with Crippen molar-refractivity contribution in [2.75, 3.05) is 0 Å². The number of ether oxygens (including phenoxy) is 1. The molecule has 3 aromatic rings. The van der Waals surface area contributed by atoms with E-state index in [9.17, 15) is 29.0 Å². The summed E-state index contributed by atoms with van der Waals surface area (Å²) in [5, 5.41) is 20.9. The number of aryl methyl sites for hydroxylation is 2. The molecule has 8 nitrogen and oxygen atoms in total. The van der Waals surface area contributed by atoms with Crippen molar-refractivity contribution in [2.45, 2.75) is 58.1 Å². The first-order valence-electron chi connectivity index (χ1n) is 11.0. The largest absolute Gasteiger partial charge is 0.458 e. The Balaban J connectivity index is 1.73. The van der Waals surface area contributed by atoms with Gasteiger partial charge in [0, 0.05) is 23.1 Å². The van der Waals surface area contributed by atoms with Gasteiger partial charge in [-0.1, -0.05) is 6.92 Å². The van der Waals surface area contributed by atoms with Crippen molar-refractivity contribution in [1.82, 2.24) is 9.13 Å². The number of rotatable bonds is 2. The van der Waals surface area contributed by atoms with Crippen molar-refractivity contribution in [3.63, 3.8) is 0 Å². The molecule has 0 radical (unpaired) electrons. The minimum absolute atomic E-state index is 0.00897. The second-order valence-electron chi connectivity index (χ2n) is 8.88.